The number of anilines is 1. The highest BCUT2D eigenvalue weighted by atomic mass is 79.9. The molecule has 0 bridgehead atoms. The molecule has 0 atom stereocenters. The molecule has 0 saturated carbocycles. The largest absolute Gasteiger partial charge is 0.380 e. The van der Waals surface area contributed by atoms with Gasteiger partial charge in [-0.2, -0.15) is 0 Å². The molecule has 4 nitrogen and oxygen atoms in total. The molecule has 0 fully saturated rings. The van der Waals surface area contributed by atoms with Gasteiger partial charge < -0.3 is 5.32 Å². The van der Waals surface area contributed by atoms with Crippen LogP contribution in [0.3, 0.4) is 0 Å². The number of nitrogens with one attached hydrogen (secondary N) is 1. The Morgan fingerprint density at radius 2 is 2.24 bits per heavy atom. The zero-order valence-corrected chi connectivity index (χ0v) is 11.1. The van der Waals surface area contributed by atoms with Crippen molar-refractivity contribution in [2.75, 3.05) is 5.32 Å². The van der Waals surface area contributed by atoms with Crippen LogP contribution in [0, 0.1) is 10.1 Å². The summed E-state index contributed by atoms with van der Waals surface area (Å²) in [6, 6.07) is 8.47. The van der Waals surface area contributed by atoms with Crippen molar-refractivity contribution in [1.29, 1.82) is 0 Å². The molecule has 0 radical (unpaired) electrons. The number of nitro groups is 1. The van der Waals surface area contributed by atoms with Crippen LogP contribution in [-0.2, 0) is 6.54 Å². The number of thiophene rings is 1. The highest BCUT2D eigenvalue weighted by Crippen LogP contribution is 2.24. The van der Waals surface area contributed by atoms with Crippen molar-refractivity contribution in [2.24, 2.45) is 0 Å². The van der Waals surface area contributed by atoms with Gasteiger partial charge in [-0.15, -0.1) is 11.3 Å². The topological polar surface area (TPSA) is 55.2 Å². The van der Waals surface area contributed by atoms with E-state index < -0.39 is 4.92 Å². The predicted molar refractivity (Wildman–Crippen MR) is 72.4 cm³/mol. The van der Waals surface area contributed by atoms with Crippen molar-refractivity contribution >= 4 is 38.6 Å². The van der Waals surface area contributed by atoms with E-state index in [0.29, 0.717) is 6.54 Å². The van der Waals surface area contributed by atoms with E-state index in [2.05, 4.69) is 21.2 Å². The molecule has 1 aromatic heterocycles. The fourth-order valence-electron chi connectivity index (χ4n) is 1.36. The molecule has 0 aliphatic carbocycles. The lowest BCUT2D eigenvalue weighted by atomic mass is 10.3. The normalized spacial score (nSPS) is 10.2. The van der Waals surface area contributed by atoms with Gasteiger partial charge in [0.05, 0.1) is 11.5 Å². The van der Waals surface area contributed by atoms with Crippen LogP contribution in [0.1, 0.15) is 4.88 Å². The first kappa shape index (κ1) is 12.1. The molecule has 88 valence electrons. The fraction of sp³-hybridized carbons (Fsp3) is 0.0909. The first-order valence-electron chi connectivity index (χ1n) is 4.87. The molecular formula is C11H9BrN2O2S. The molecule has 1 aromatic carbocycles. The Labute approximate surface area is 111 Å². The SMILES string of the molecule is O=[N+]([O-])c1cccc(NCc2sccc2Br)c1. The van der Waals surface area contributed by atoms with Crippen molar-refractivity contribution in [3.63, 3.8) is 0 Å². The highest BCUT2D eigenvalue weighted by Gasteiger charge is 2.06. The van der Waals surface area contributed by atoms with Gasteiger partial charge in [-0.3, -0.25) is 10.1 Å². The Morgan fingerprint density at radius 3 is 2.88 bits per heavy atom. The predicted octanol–water partition coefficient (Wildman–Crippen LogP) is 4.03. The van der Waals surface area contributed by atoms with Gasteiger partial charge in [0.1, 0.15) is 0 Å². The Morgan fingerprint density at radius 1 is 1.41 bits per heavy atom. The van der Waals surface area contributed by atoms with Gasteiger partial charge >= 0.3 is 0 Å². The summed E-state index contributed by atoms with van der Waals surface area (Å²) in [7, 11) is 0. The summed E-state index contributed by atoms with van der Waals surface area (Å²) in [6.07, 6.45) is 0. The van der Waals surface area contributed by atoms with E-state index in [1.165, 1.54) is 12.1 Å². The van der Waals surface area contributed by atoms with Gasteiger partial charge in [0.25, 0.3) is 5.69 Å². The van der Waals surface area contributed by atoms with Gasteiger partial charge in [-0.25, -0.2) is 0 Å². The molecule has 1 N–H and O–H groups in total. The van der Waals surface area contributed by atoms with Crippen LogP contribution < -0.4 is 5.32 Å². The maximum Gasteiger partial charge on any atom is 0.271 e. The summed E-state index contributed by atoms with van der Waals surface area (Å²) < 4.78 is 1.06. The second-order valence-electron chi connectivity index (χ2n) is 3.35. The van der Waals surface area contributed by atoms with Gasteiger partial charge in [-0.1, -0.05) is 6.07 Å². The lowest BCUT2D eigenvalue weighted by Crippen LogP contribution is -1.98. The number of non-ortho nitro benzene ring substituents is 1. The standard InChI is InChI=1S/C11H9BrN2O2S/c12-10-4-5-17-11(10)7-13-8-2-1-3-9(6-8)14(15)16/h1-6,13H,7H2. The minimum Gasteiger partial charge on any atom is -0.380 e. The van der Waals surface area contributed by atoms with Crippen molar-refractivity contribution in [3.05, 3.63) is 55.2 Å². The van der Waals surface area contributed by atoms with Crippen LogP contribution in [-0.4, -0.2) is 4.92 Å². The Kier molecular flexibility index (Phi) is 3.75. The first-order chi connectivity index (χ1) is 8.16. The molecule has 0 unspecified atom stereocenters. The summed E-state index contributed by atoms with van der Waals surface area (Å²) in [5.74, 6) is 0. The molecule has 0 amide bonds. The number of benzene rings is 1. The smallest absolute Gasteiger partial charge is 0.271 e. The zero-order valence-electron chi connectivity index (χ0n) is 8.72. The summed E-state index contributed by atoms with van der Waals surface area (Å²) in [5.41, 5.74) is 0.847. The van der Waals surface area contributed by atoms with Crippen LogP contribution in [0.4, 0.5) is 11.4 Å². The summed E-state index contributed by atoms with van der Waals surface area (Å²) in [6.45, 7) is 0.652. The van der Waals surface area contributed by atoms with Crippen LogP contribution >= 0.6 is 27.3 Å². The molecule has 2 aromatic rings. The van der Waals surface area contributed by atoms with E-state index >= 15 is 0 Å². The zero-order chi connectivity index (χ0) is 12.3. The minimum absolute atomic E-state index is 0.0974. The third kappa shape index (κ3) is 3.04. The Bertz CT molecular complexity index is 542. The molecule has 17 heavy (non-hydrogen) atoms. The van der Waals surface area contributed by atoms with Gasteiger partial charge in [0.2, 0.25) is 0 Å². The van der Waals surface area contributed by atoms with Crippen LogP contribution in [0.5, 0.6) is 0 Å². The number of rotatable bonds is 4. The van der Waals surface area contributed by atoms with Crippen LogP contribution in [0.15, 0.2) is 40.2 Å². The second-order valence-corrected chi connectivity index (χ2v) is 5.21. The van der Waals surface area contributed by atoms with E-state index in [1.807, 2.05) is 17.5 Å². The third-order valence-corrected chi connectivity index (χ3v) is 4.13. The molecule has 2 rings (SSSR count). The van der Waals surface area contributed by atoms with Crippen molar-refractivity contribution in [3.8, 4) is 0 Å². The van der Waals surface area contributed by atoms with E-state index in [1.54, 1.807) is 17.4 Å². The summed E-state index contributed by atoms with van der Waals surface area (Å²) >= 11 is 5.08. The van der Waals surface area contributed by atoms with Crippen molar-refractivity contribution in [2.45, 2.75) is 6.54 Å². The monoisotopic (exact) mass is 312 g/mol. The number of nitro benzene ring substituents is 1. The minimum atomic E-state index is -0.397. The maximum atomic E-state index is 10.6. The van der Waals surface area contributed by atoms with E-state index in [9.17, 15) is 10.1 Å². The number of hydrogen-bond donors (Lipinski definition) is 1. The molecule has 0 aliphatic heterocycles. The lowest BCUT2D eigenvalue weighted by Gasteiger charge is -2.04. The molecule has 0 saturated heterocycles. The van der Waals surface area contributed by atoms with Crippen LogP contribution in [0.25, 0.3) is 0 Å². The van der Waals surface area contributed by atoms with Gasteiger partial charge in [0, 0.05) is 27.2 Å². The Hall–Kier alpha value is -1.40. The van der Waals surface area contributed by atoms with Crippen molar-refractivity contribution in [1.82, 2.24) is 0 Å². The molecular weight excluding hydrogens is 304 g/mol. The average molecular weight is 313 g/mol. The third-order valence-electron chi connectivity index (χ3n) is 2.20. The molecule has 0 aliphatic rings. The number of halogens is 1. The van der Waals surface area contributed by atoms with Gasteiger partial charge in [-0.05, 0) is 33.4 Å². The molecule has 0 spiro atoms. The van der Waals surface area contributed by atoms with E-state index in [4.69, 9.17) is 0 Å². The molecule has 1 heterocycles. The molecule has 6 heteroatoms. The lowest BCUT2D eigenvalue weighted by molar-refractivity contribution is -0.384. The fourth-order valence-corrected chi connectivity index (χ4v) is 2.80. The highest BCUT2D eigenvalue weighted by molar-refractivity contribution is 9.10. The quantitative estimate of drug-likeness (QED) is 0.685. The van der Waals surface area contributed by atoms with E-state index in [-0.39, 0.29) is 5.69 Å². The number of hydrogen-bond acceptors (Lipinski definition) is 4. The number of nitrogens with zero attached hydrogens (tertiary/aromatic N) is 1. The first-order valence-corrected chi connectivity index (χ1v) is 6.54. The average Bonchev–Trinajstić information content (AvgIpc) is 2.72. The van der Waals surface area contributed by atoms with E-state index in [0.717, 1.165) is 15.0 Å². The van der Waals surface area contributed by atoms with Crippen LogP contribution in [0.2, 0.25) is 0 Å². The summed E-state index contributed by atoms with van der Waals surface area (Å²) in [4.78, 5) is 11.4. The van der Waals surface area contributed by atoms with Crippen molar-refractivity contribution < 1.29 is 4.92 Å². The van der Waals surface area contributed by atoms with Gasteiger partial charge in [0.15, 0.2) is 0 Å². The second kappa shape index (κ2) is 5.29. The summed E-state index contributed by atoms with van der Waals surface area (Å²) in [5, 5.41) is 15.8. The Balaban J connectivity index is 2.07. The maximum absolute atomic E-state index is 10.6.